The Hall–Kier alpha value is -0.810. The first-order valence-electron chi connectivity index (χ1n) is 9.20. The lowest BCUT2D eigenvalue weighted by Gasteiger charge is -2.37. The number of nitrogens with one attached hydrogen (secondary N) is 1. The second kappa shape index (κ2) is 7.84. The van der Waals surface area contributed by atoms with E-state index in [2.05, 4.69) is 24.2 Å². The topological polar surface area (TPSA) is 44.8 Å². The van der Waals surface area contributed by atoms with E-state index in [9.17, 15) is 4.79 Å². The zero-order valence-corrected chi connectivity index (χ0v) is 15.6. The second-order valence-electron chi connectivity index (χ2n) is 8.23. The van der Waals surface area contributed by atoms with Crippen LogP contribution in [-0.2, 0) is 4.74 Å². The number of carbonyl (C=O) groups excluding carboxylic acids is 1. The van der Waals surface area contributed by atoms with Crippen molar-refractivity contribution in [3.63, 3.8) is 0 Å². The highest BCUT2D eigenvalue weighted by Crippen LogP contribution is 2.26. The predicted molar refractivity (Wildman–Crippen MR) is 93.7 cm³/mol. The third-order valence-corrected chi connectivity index (χ3v) is 4.89. The van der Waals surface area contributed by atoms with Crippen LogP contribution in [0, 0.1) is 0 Å². The van der Waals surface area contributed by atoms with Crippen LogP contribution in [0.3, 0.4) is 0 Å². The van der Waals surface area contributed by atoms with Gasteiger partial charge < -0.3 is 15.0 Å². The molecule has 0 aromatic carbocycles. The average Bonchev–Trinajstić information content (AvgIpc) is 3.29. The van der Waals surface area contributed by atoms with Gasteiger partial charge in [0.1, 0.15) is 5.60 Å². The number of amides is 1. The number of likely N-dealkylation sites (tertiary alicyclic amines) is 1. The molecule has 2 aliphatic rings. The highest BCUT2D eigenvalue weighted by molar-refractivity contribution is 5.68. The maximum Gasteiger partial charge on any atom is 0.410 e. The van der Waals surface area contributed by atoms with E-state index >= 15 is 0 Å². The maximum absolute atomic E-state index is 12.4. The maximum atomic E-state index is 12.4. The van der Waals surface area contributed by atoms with E-state index < -0.39 is 5.60 Å². The first-order valence-corrected chi connectivity index (χ1v) is 9.20. The fourth-order valence-electron chi connectivity index (χ4n) is 3.22. The molecule has 1 aliphatic heterocycles. The summed E-state index contributed by atoms with van der Waals surface area (Å²) in [5, 5.41) is 3.58. The summed E-state index contributed by atoms with van der Waals surface area (Å²) in [5.41, 5.74) is -0.423. The first kappa shape index (κ1) is 18.5. The Morgan fingerprint density at radius 2 is 2.00 bits per heavy atom. The van der Waals surface area contributed by atoms with E-state index in [-0.39, 0.29) is 12.1 Å². The highest BCUT2D eigenvalue weighted by atomic mass is 16.6. The fraction of sp³-hybridized carbons (Fsp3) is 0.944. The van der Waals surface area contributed by atoms with Crippen molar-refractivity contribution < 1.29 is 9.53 Å². The van der Waals surface area contributed by atoms with E-state index in [0.717, 1.165) is 38.5 Å². The van der Waals surface area contributed by atoms with Gasteiger partial charge in [-0.25, -0.2) is 4.79 Å². The Labute approximate surface area is 141 Å². The van der Waals surface area contributed by atoms with Crippen molar-refractivity contribution in [2.24, 2.45) is 0 Å². The summed E-state index contributed by atoms with van der Waals surface area (Å²) >= 11 is 0. The SMILES string of the molecule is CC(CNCC1CCCCN1C(=O)OC(C)(C)C)N(C)C1CC1. The van der Waals surface area contributed by atoms with Crippen LogP contribution >= 0.6 is 0 Å². The molecule has 134 valence electrons. The van der Waals surface area contributed by atoms with Gasteiger partial charge in [0.2, 0.25) is 0 Å². The predicted octanol–water partition coefficient (Wildman–Crippen LogP) is 2.85. The summed E-state index contributed by atoms with van der Waals surface area (Å²) in [6.07, 6.45) is 5.87. The Bertz CT molecular complexity index is 390. The monoisotopic (exact) mass is 325 g/mol. The molecule has 5 heteroatoms. The molecule has 5 nitrogen and oxygen atoms in total. The molecule has 0 bridgehead atoms. The first-order chi connectivity index (χ1) is 10.8. The molecular weight excluding hydrogens is 290 g/mol. The standard InChI is InChI=1S/C18H35N3O2/c1-14(20(5)15-9-10-15)12-19-13-16-8-6-7-11-21(16)17(22)23-18(2,3)4/h14-16,19H,6-13H2,1-5H3. The van der Waals surface area contributed by atoms with Crippen LogP contribution in [0.2, 0.25) is 0 Å². The van der Waals surface area contributed by atoms with Gasteiger partial charge in [0.25, 0.3) is 0 Å². The fourth-order valence-corrected chi connectivity index (χ4v) is 3.22. The van der Waals surface area contributed by atoms with Gasteiger partial charge in [-0.15, -0.1) is 0 Å². The van der Waals surface area contributed by atoms with Crippen LogP contribution in [0.4, 0.5) is 4.79 Å². The highest BCUT2D eigenvalue weighted by Gasteiger charge is 2.31. The Kier molecular flexibility index (Phi) is 6.32. The molecule has 0 spiro atoms. The summed E-state index contributed by atoms with van der Waals surface area (Å²) in [7, 11) is 2.22. The van der Waals surface area contributed by atoms with Gasteiger partial charge in [-0.3, -0.25) is 4.90 Å². The van der Waals surface area contributed by atoms with Crippen molar-refractivity contribution >= 4 is 6.09 Å². The molecule has 1 N–H and O–H groups in total. The van der Waals surface area contributed by atoms with Crippen LogP contribution in [0.25, 0.3) is 0 Å². The normalized spacial score (nSPS) is 23.9. The number of rotatable bonds is 6. The van der Waals surface area contributed by atoms with E-state index in [0.29, 0.717) is 6.04 Å². The zero-order chi connectivity index (χ0) is 17.0. The van der Waals surface area contributed by atoms with Gasteiger partial charge in [0, 0.05) is 37.8 Å². The molecule has 1 heterocycles. The van der Waals surface area contributed by atoms with Crippen molar-refractivity contribution in [1.82, 2.24) is 15.1 Å². The van der Waals surface area contributed by atoms with Crippen molar-refractivity contribution in [3.05, 3.63) is 0 Å². The molecule has 0 aromatic heterocycles. The number of piperidine rings is 1. The summed E-state index contributed by atoms with van der Waals surface area (Å²) in [6, 6.07) is 1.60. The van der Waals surface area contributed by atoms with Gasteiger partial charge in [0.15, 0.2) is 0 Å². The summed E-state index contributed by atoms with van der Waals surface area (Å²) < 4.78 is 5.56. The van der Waals surface area contributed by atoms with Crippen LogP contribution in [-0.4, -0.2) is 66.3 Å². The summed E-state index contributed by atoms with van der Waals surface area (Å²) in [6.45, 7) is 10.7. The molecule has 1 saturated carbocycles. The van der Waals surface area contributed by atoms with Crippen LogP contribution in [0.5, 0.6) is 0 Å². The number of ether oxygens (including phenoxy) is 1. The molecule has 1 amide bonds. The number of likely N-dealkylation sites (N-methyl/N-ethyl adjacent to an activating group) is 1. The number of hydrogen-bond acceptors (Lipinski definition) is 4. The van der Waals surface area contributed by atoms with Crippen molar-refractivity contribution in [2.75, 3.05) is 26.7 Å². The largest absolute Gasteiger partial charge is 0.444 e. The molecule has 0 aromatic rings. The minimum atomic E-state index is -0.423. The molecule has 1 saturated heterocycles. The van der Waals surface area contributed by atoms with Gasteiger partial charge in [0.05, 0.1) is 0 Å². The van der Waals surface area contributed by atoms with Gasteiger partial charge >= 0.3 is 6.09 Å². The van der Waals surface area contributed by atoms with Gasteiger partial charge in [-0.2, -0.15) is 0 Å². The smallest absolute Gasteiger partial charge is 0.410 e. The molecule has 2 unspecified atom stereocenters. The molecule has 2 fully saturated rings. The molecule has 2 rings (SSSR count). The molecule has 2 atom stereocenters. The third-order valence-electron chi connectivity index (χ3n) is 4.89. The number of nitrogens with zero attached hydrogens (tertiary/aromatic N) is 2. The summed E-state index contributed by atoms with van der Waals surface area (Å²) in [4.78, 5) is 16.8. The molecule has 0 radical (unpaired) electrons. The number of carbonyl (C=O) groups is 1. The van der Waals surface area contributed by atoms with Gasteiger partial charge in [-0.05, 0) is 66.8 Å². The molecule has 23 heavy (non-hydrogen) atoms. The lowest BCUT2D eigenvalue weighted by atomic mass is 10.0. The lowest BCUT2D eigenvalue weighted by molar-refractivity contribution is 0.00984. The Morgan fingerprint density at radius 1 is 1.30 bits per heavy atom. The quantitative estimate of drug-likeness (QED) is 0.815. The van der Waals surface area contributed by atoms with Crippen molar-refractivity contribution in [1.29, 1.82) is 0 Å². The van der Waals surface area contributed by atoms with Crippen LogP contribution < -0.4 is 5.32 Å². The van der Waals surface area contributed by atoms with E-state index in [4.69, 9.17) is 4.74 Å². The minimum Gasteiger partial charge on any atom is -0.444 e. The summed E-state index contributed by atoms with van der Waals surface area (Å²) in [5.74, 6) is 0. The second-order valence-corrected chi connectivity index (χ2v) is 8.23. The molecule has 1 aliphatic carbocycles. The van der Waals surface area contributed by atoms with Crippen molar-refractivity contribution in [3.8, 4) is 0 Å². The Morgan fingerprint density at radius 3 is 2.61 bits per heavy atom. The minimum absolute atomic E-state index is 0.160. The van der Waals surface area contributed by atoms with Gasteiger partial charge in [-0.1, -0.05) is 0 Å². The lowest BCUT2D eigenvalue weighted by Crippen LogP contribution is -2.51. The van der Waals surface area contributed by atoms with E-state index in [1.807, 2.05) is 25.7 Å². The van der Waals surface area contributed by atoms with Crippen LogP contribution in [0.15, 0.2) is 0 Å². The third kappa shape index (κ3) is 5.96. The number of hydrogen-bond donors (Lipinski definition) is 1. The van der Waals surface area contributed by atoms with Crippen molar-refractivity contribution in [2.45, 2.75) is 83.5 Å². The van der Waals surface area contributed by atoms with E-state index in [1.165, 1.54) is 19.3 Å². The van der Waals surface area contributed by atoms with E-state index in [1.54, 1.807) is 0 Å². The Balaban J connectivity index is 1.77. The average molecular weight is 325 g/mol. The zero-order valence-electron chi connectivity index (χ0n) is 15.6. The van der Waals surface area contributed by atoms with Crippen LogP contribution in [0.1, 0.15) is 59.8 Å². The molecular formula is C18H35N3O2.